The van der Waals surface area contributed by atoms with Crippen LogP contribution in [0.15, 0.2) is 57.6 Å². The van der Waals surface area contributed by atoms with E-state index in [1.807, 2.05) is 20.8 Å². The summed E-state index contributed by atoms with van der Waals surface area (Å²) in [4.78, 5) is 45.9. The molecule has 2 N–H and O–H groups in total. The smallest absolute Gasteiger partial charge is 0.263 e. The number of nitrogens with one attached hydrogen (secondary N) is 2. The van der Waals surface area contributed by atoms with Crippen LogP contribution < -0.4 is 16.2 Å². The largest absolute Gasteiger partial charge is 0.355 e. The summed E-state index contributed by atoms with van der Waals surface area (Å²) in [7, 11) is -1.90. The lowest BCUT2D eigenvalue weighted by atomic mass is 9.98. The molecule has 0 bridgehead atoms. The molecule has 3 heterocycles. The van der Waals surface area contributed by atoms with Crippen molar-refractivity contribution < 1.29 is 18.0 Å². The fourth-order valence-electron chi connectivity index (χ4n) is 4.90. The van der Waals surface area contributed by atoms with Gasteiger partial charge in [0.15, 0.2) is 9.84 Å². The third-order valence-corrected chi connectivity index (χ3v) is 8.38. The summed E-state index contributed by atoms with van der Waals surface area (Å²) in [6.45, 7) is 5.88. The van der Waals surface area contributed by atoms with Crippen molar-refractivity contribution in [2.75, 3.05) is 12.4 Å². The van der Waals surface area contributed by atoms with Gasteiger partial charge in [0.25, 0.3) is 17.4 Å². The summed E-state index contributed by atoms with van der Waals surface area (Å²) in [6.07, 6.45) is 1.80. The Morgan fingerprint density at radius 3 is 2.44 bits per heavy atom. The normalized spacial score (nSPS) is 17.1. The van der Waals surface area contributed by atoms with Gasteiger partial charge < -0.3 is 15.5 Å². The standard InChI is InChI=1S/C28H29N5O5S/c1-16(2)30-28-31-23-15-32(26(35)20-7-10-24-19(14-20)11-12-39(24,37)38)17(3)13-22(23)27(36)33(28)21-8-5-18(6-9-21)25(34)29-4/h5-12,14,16-17H,13,15H2,1-4H3,(H,29,34)(H,30,31)/t17-/m1/s1. The molecule has 0 unspecified atom stereocenters. The first kappa shape index (κ1) is 26.4. The highest BCUT2D eigenvalue weighted by molar-refractivity contribution is 7.94. The molecular weight excluding hydrogens is 518 g/mol. The molecule has 10 nitrogen and oxygen atoms in total. The lowest BCUT2D eigenvalue weighted by Gasteiger charge is -2.35. The van der Waals surface area contributed by atoms with E-state index < -0.39 is 9.84 Å². The van der Waals surface area contributed by atoms with Crippen molar-refractivity contribution in [2.24, 2.45) is 0 Å². The number of nitrogens with zero attached hydrogens (tertiary/aromatic N) is 3. The molecule has 0 saturated carbocycles. The van der Waals surface area contributed by atoms with Crippen molar-refractivity contribution in [3.05, 3.63) is 86.2 Å². The average molecular weight is 548 g/mol. The molecular formula is C28H29N5O5S. The van der Waals surface area contributed by atoms with Crippen LogP contribution in [0.3, 0.4) is 0 Å². The Bertz CT molecular complexity index is 1690. The van der Waals surface area contributed by atoms with Gasteiger partial charge in [0.2, 0.25) is 5.95 Å². The molecule has 0 spiro atoms. The number of fused-ring (bicyclic) bond motifs is 2. The third-order valence-electron chi connectivity index (χ3n) is 6.90. The van der Waals surface area contributed by atoms with E-state index in [9.17, 15) is 22.8 Å². The van der Waals surface area contributed by atoms with Crippen molar-refractivity contribution in [3.63, 3.8) is 0 Å². The van der Waals surface area contributed by atoms with E-state index >= 15 is 0 Å². The van der Waals surface area contributed by atoms with Gasteiger partial charge in [-0.2, -0.15) is 0 Å². The molecule has 0 aliphatic carbocycles. The molecule has 2 amide bonds. The number of rotatable bonds is 5. The Hall–Kier alpha value is -4.25. The molecule has 202 valence electrons. The zero-order chi connectivity index (χ0) is 28.1. The second kappa shape index (κ2) is 9.81. The highest BCUT2D eigenvalue weighted by Crippen LogP contribution is 2.29. The summed E-state index contributed by atoms with van der Waals surface area (Å²) in [5, 5.41) is 6.96. The Morgan fingerprint density at radius 2 is 1.77 bits per heavy atom. The number of sulfone groups is 1. The van der Waals surface area contributed by atoms with Crippen molar-refractivity contribution in [1.82, 2.24) is 19.8 Å². The maximum atomic E-state index is 13.8. The molecule has 0 radical (unpaired) electrons. The van der Waals surface area contributed by atoms with Crippen LogP contribution in [0.5, 0.6) is 0 Å². The van der Waals surface area contributed by atoms with Crippen LogP contribution in [0, 0.1) is 0 Å². The molecule has 5 rings (SSSR count). The number of hydrogen-bond donors (Lipinski definition) is 2. The van der Waals surface area contributed by atoms with E-state index in [1.54, 1.807) is 42.3 Å². The van der Waals surface area contributed by atoms with Gasteiger partial charge >= 0.3 is 0 Å². The fourth-order valence-corrected chi connectivity index (χ4v) is 6.09. The van der Waals surface area contributed by atoms with Crippen LogP contribution in [-0.4, -0.2) is 53.8 Å². The van der Waals surface area contributed by atoms with Crippen LogP contribution in [0.1, 0.15) is 58.3 Å². The number of anilines is 1. The number of carbonyl (C=O) groups is 2. The summed E-state index contributed by atoms with van der Waals surface area (Å²) in [5.41, 5.74) is 2.70. The summed E-state index contributed by atoms with van der Waals surface area (Å²) in [5.74, 6) is -0.142. The number of carbonyl (C=O) groups excluding carboxylic acids is 2. The molecule has 0 fully saturated rings. The first-order chi connectivity index (χ1) is 18.5. The van der Waals surface area contributed by atoms with Gasteiger partial charge in [0.05, 0.1) is 22.8 Å². The summed E-state index contributed by atoms with van der Waals surface area (Å²) >= 11 is 0. The maximum absolute atomic E-state index is 13.8. The minimum atomic E-state index is -3.46. The zero-order valence-corrected chi connectivity index (χ0v) is 22.9. The Morgan fingerprint density at radius 1 is 1.08 bits per heavy atom. The molecule has 1 atom stereocenters. The molecule has 2 aliphatic rings. The minimum absolute atomic E-state index is 0.0256. The van der Waals surface area contributed by atoms with E-state index in [2.05, 4.69) is 10.6 Å². The van der Waals surface area contributed by atoms with Crippen molar-refractivity contribution >= 4 is 33.7 Å². The highest BCUT2D eigenvalue weighted by Gasteiger charge is 2.33. The van der Waals surface area contributed by atoms with Crippen molar-refractivity contribution in [3.8, 4) is 5.69 Å². The fraction of sp³-hybridized carbons (Fsp3) is 0.286. The van der Waals surface area contributed by atoms with E-state index in [4.69, 9.17) is 4.98 Å². The van der Waals surface area contributed by atoms with Crippen molar-refractivity contribution in [2.45, 2.75) is 50.7 Å². The van der Waals surface area contributed by atoms with E-state index in [0.717, 1.165) is 5.41 Å². The number of hydrogen-bond acceptors (Lipinski definition) is 7. The van der Waals surface area contributed by atoms with Gasteiger partial charge in [0, 0.05) is 41.2 Å². The summed E-state index contributed by atoms with van der Waals surface area (Å²) < 4.78 is 25.7. The second-order valence-corrected chi connectivity index (χ2v) is 11.8. The van der Waals surface area contributed by atoms with Crippen molar-refractivity contribution in [1.29, 1.82) is 0 Å². The second-order valence-electron chi connectivity index (χ2n) is 10.0. The van der Waals surface area contributed by atoms with Gasteiger partial charge in [-0.1, -0.05) is 0 Å². The van der Waals surface area contributed by atoms with Gasteiger partial charge in [-0.05, 0) is 81.3 Å². The molecule has 39 heavy (non-hydrogen) atoms. The topological polar surface area (TPSA) is 130 Å². The molecule has 0 saturated heterocycles. The van der Waals surface area contributed by atoms with Gasteiger partial charge in [-0.3, -0.25) is 14.4 Å². The SMILES string of the molecule is CNC(=O)c1ccc(-n2c(NC(C)C)nc3c(c2=O)C[C@@H](C)N(C(=O)c2ccc4c(c2)C=CS4(=O)=O)C3)cc1. The van der Waals surface area contributed by atoms with Crippen LogP contribution in [-0.2, 0) is 22.8 Å². The third kappa shape index (κ3) is 4.74. The Labute approximate surface area is 226 Å². The lowest BCUT2D eigenvalue weighted by molar-refractivity contribution is 0.0653. The Kier molecular flexibility index (Phi) is 6.63. The number of benzene rings is 2. The highest BCUT2D eigenvalue weighted by atomic mass is 32.2. The summed E-state index contributed by atoms with van der Waals surface area (Å²) in [6, 6.07) is 11.0. The van der Waals surface area contributed by atoms with Crippen LogP contribution >= 0.6 is 0 Å². The predicted molar refractivity (Wildman–Crippen MR) is 148 cm³/mol. The molecule has 1 aromatic heterocycles. The van der Waals surface area contributed by atoms with Crippen LogP contribution in [0.2, 0.25) is 0 Å². The van der Waals surface area contributed by atoms with Gasteiger partial charge in [-0.15, -0.1) is 0 Å². The van der Waals surface area contributed by atoms with E-state index in [0.29, 0.717) is 46.0 Å². The Balaban J connectivity index is 1.52. The van der Waals surface area contributed by atoms with E-state index in [-0.39, 0.29) is 40.9 Å². The van der Waals surface area contributed by atoms with Gasteiger partial charge in [0.1, 0.15) is 0 Å². The van der Waals surface area contributed by atoms with Crippen LogP contribution in [0.25, 0.3) is 11.8 Å². The lowest BCUT2D eigenvalue weighted by Crippen LogP contribution is -2.46. The predicted octanol–water partition coefficient (Wildman–Crippen LogP) is 2.76. The molecule has 3 aromatic rings. The first-order valence-corrected chi connectivity index (χ1v) is 14.2. The minimum Gasteiger partial charge on any atom is -0.355 e. The van der Waals surface area contributed by atoms with E-state index in [1.165, 1.54) is 22.8 Å². The first-order valence-electron chi connectivity index (χ1n) is 12.6. The molecule has 11 heteroatoms. The maximum Gasteiger partial charge on any atom is 0.263 e. The van der Waals surface area contributed by atoms with Gasteiger partial charge in [-0.25, -0.2) is 18.0 Å². The zero-order valence-electron chi connectivity index (χ0n) is 22.1. The quantitative estimate of drug-likeness (QED) is 0.502. The average Bonchev–Trinajstić information content (AvgIpc) is 3.21. The number of aromatic nitrogens is 2. The van der Waals surface area contributed by atoms with Crippen LogP contribution in [0.4, 0.5) is 5.95 Å². The molecule has 2 aliphatic heterocycles. The monoisotopic (exact) mass is 547 g/mol. The molecule has 2 aromatic carbocycles. The number of amides is 2.